The van der Waals surface area contributed by atoms with E-state index in [1.54, 1.807) is 24.3 Å². The summed E-state index contributed by atoms with van der Waals surface area (Å²) in [6, 6.07) is 7.92. The molecule has 1 aromatic carbocycles. The van der Waals surface area contributed by atoms with Gasteiger partial charge >= 0.3 is 0 Å². The molecule has 3 nitrogen and oxygen atoms in total. The summed E-state index contributed by atoms with van der Waals surface area (Å²) in [7, 11) is 1.43. The van der Waals surface area contributed by atoms with Gasteiger partial charge in [0.05, 0.1) is 13.2 Å². The van der Waals surface area contributed by atoms with Crippen molar-refractivity contribution < 1.29 is 13.5 Å². The molecule has 18 heavy (non-hydrogen) atoms. The van der Waals surface area contributed by atoms with E-state index >= 15 is 0 Å². The molecule has 2 aromatic rings. The number of rotatable bonds is 4. The Labute approximate surface area is 105 Å². The lowest BCUT2D eigenvalue weighted by Crippen LogP contribution is -2.13. The number of aryl methyl sites for hydroxylation is 1. The van der Waals surface area contributed by atoms with Crippen molar-refractivity contribution in [3.05, 3.63) is 53.2 Å². The Morgan fingerprint density at radius 2 is 2.11 bits per heavy atom. The number of nitrogens with two attached hydrogens (primary N) is 1. The molecule has 0 radical (unpaired) electrons. The number of benzene rings is 1. The fourth-order valence-corrected chi connectivity index (χ4v) is 1.83. The molecular formula is C14H16FNO2. The van der Waals surface area contributed by atoms with Gasteiger partial charge in [-0.25, -0.2) is 4.39 Å². The first-order chi connectivity index (χ1) is 8.67. The molecule has 1 heterocycles. The van der Waals surface area contributed by atoms with Crippen molar-refractivity contribution in [1.82, 2.24) is 0 Å². The first-order valence-corrected chi connectivity index (χ1v) is 5.84. The van der Waals surface area contributed by atoms with Gasteiger partial charge in [-0.3, -0.25) is 0 Å². The van der Waals surface area contributed by atoms with Gasteiger partial charge in [-0.1, -0.05) is 19.1 Å². The lowest BCUT2D eigenvalue weighted by atomic mass is 10.0. The first-order valence-electron chi connectivity index (χ1n) is 5.84. The highest BCUT2D eigenvalue weighted by Crippen LogP contribution is 2.28. The van der Waals surface area contributed by atoms with Crippen LogP contribution < -0.4 is 10.5 Å². The SMILES string of the molecule is CCc1ccc(C(N)c2cccc(OC)c2F)o1. The molecule has 1 atom stereocenters. The highest BCUT2D eigenvalue weighted by molar-refractivity contribution is 5.36. The van der Waals surface area contributed by atoms with Gasteiger partial charge in [-0.15, -0.1) is 0 Å². The second-order valence-corrected chi connectivity index (χ2v) is 4.00. The second-order valence-electron chi connectivity index (χ2n) is 4.00. The van der Waals surface area contributed by atoms with Gasteiger partial charge in [0.2, 0.25) is 0 Å². The Morgan fingerprint density at radius 1 is 1.33 bits per heavy atom. The van der Waals surface area contributed by atoms with E-state index in [0.29, 0.717) is 11.3 Å². The van der Waals surface area contributed by atoms with Crippen LogP contribution in [0.2, 0.25) is 0 Å². The van der Waals surface area contributed by atoms with Gasteiger partial charge in [0.15, 0.2) is 11.6 Å². The van der Waals surface area contributed by atoms with Crippen LogP contribution in [0.5, 0.6) is 5.75 Å². The molecule has 2 rings (SSSR count). The van der Waals surface area contributed by atoms with E-state index in [0.717, 1.165) is 12.2 Å². The highest BCUT2D eigenvalue weighted by atomic mass is 19.1. The zero-order valence-electron chi connectivity index (χ0n) is 10.4. The Morgan fingerprint density at radius 3 is 2.72 bits per heavy atom. The van der Waals surface area contributed by atoms with E-state index in [2.05, 4.69) is 0 Å². The van der Waals surface area contributed by atoms with Gasteiger partial charge in [-0.2, -0.15) is 0 Å². The predicted molar refractivity (Wildman–Crippen MR) is 67.1 cm³/mol. The van der Waals surface area contributed by atoms with Crippen LogP contribution in [0.3, 0.4) is 0 Å². The maximum Gasteiger partial charge on any atom is 0.170 e. The van der Waals surface area contributed by atoms with Crippen molar-refractivity contribution >= 4 is 0 Å². The zero-order chi connectivity index (χ0) is 13.1. The van der Waals surface area contributed by atoms with Crippen molar-refractivity contribution in [2.24, 2.45) is 5.73 Å². The summed E-state index contributed by atoms with van der Waals surface area (Å²) in [5, 5.41) is 0. The minimum Gasteiger partial charge on any atom is -0.494 e. The van der Waals surface area contributed by atoms with Gasteiger partial charge in [0.25, 0.3) is 0 Å². The lowest BCUT2D eigenvalue weighted by Gasteiger charge is -2.12. The van der Waals surface area contributed by atoms with E-state index in [1.807, 2.05) is 13.0 Å². The molecule has 1 aromatic heterocycles. The van der Waals surface area contributed by atoms with E-state index in [9.17, 15) is 4.39 Å². The molecule has 4 heteroatoms. The molecule has 96 valence electrons. The van der Waals surface area contributed by atoms with Crippen molar-refractivity contribution in [2.45, 2.75) is 19.4 Å². The van der Waals surface area contributed by atoms with Crippen molar-refractivity contribution in [3.8, 4) is 5.75 Å². The summed E-state index contributed by atoms with van der Waals surface area (Å²) in [6.45, 7) is 1.99. The van der Waals surface area contributed by atoms with E-state index in [4.69, 9.17) is 14.9 Å². The third-order valence-electron chi connectivity index (χ3n) is 2.89. The monoisotopic (exact) mass is 249 g/mol. The Bertz CT molecular complexity index is 536. The molecule has 2 N–H and O–H groups in total. The molecule has 0 aliphatic rings. The molecule has 0 saturated heterocycles. The van der Waals surface area contributed by atoms with Crippen LogP contribution in [0, 0.1) is 5.82 Å². The molecule has 0 fully saturated rings. The van der Waals surface area contributed by atoms with Crippen LogP contribution in [0.25, 0.3) is 0 Å². The van der Waals surface area contributed by atoms with Gasteiger partial charge in [0, 0.05) is 12.0 Å². The van der Waals surface area contributed by atoms with Gasteiger partial charge < -0.3 is 14.9 Å². The third kappa shape index (κ3) is 2.24. The van der Waals surface area contributed by atoms with Crippen molar-refractivity contribution in [1.29, 1.82) is 0 Å². The van der Waals surface area contributed by atoms with Gasteiger partial charge in [0.1, 0.15) is 11.5 Å². The summed E-state index contributed by atoms with van der Waals surface area (Å²) in [5.74, 6) is 1.13. The largest absolute Gasteiger partial charge is 0.494 e. The molecule has 1 unspecified atom stereocenters. The quantitative estimate of drug-likeness (QED) is 0.906. The lowest BCUT2D eigenvalue weighted by molar-refractivity contribution is 0.380. The van der Waals surface area contributed by atoms with Crippen LogP contribution in [-0.2, 0) is 6.42 Å². The van der Waals surface area contributed by atoms with Crippen LogP contribution in [-0.4, -0.2) is 7.11 Å². The summed E-state index contributed by atoms with van der Waals surface area (Å²) >= 11 is 0. The standard InChI is InChI=1S/C14H16FNO2/c1-3-9-7-8-12(18-9)14(16)10-5-4-6-11(17-2)13(10)15/h4-8,14H,3,16H2,1-2H3. The molecule has 0 saturated carbocycles. The molecule has 0 amide bonds. The summed E-state index contributed by atoms with van der Waals surface area (Å²) in [4.78, 5) is 0. The van der Waals surface area contributed by atoms with Crippen molar-refractivity contribution in [3.63, 3.8) is 0 Å². The Kier molecular flexibility index (Phi) is 3.67. The fraction of sp³-hybridized carbons (Fsp3) is 0.286. The van der Waals surface area contributed by atoms with Crippen LogP contribution in [0.4, 0.5) is 4.39 Å². The van der Waals surface area contributed by atoms with Gasteiger partial charge in [-0.05, 0) is 18.2 Å². The topological polar surface area (TPSA) is 48.4 Å². The molecule has 0 bridgehead atoms. The normalized spacial score (nSPS) is 12.4. The Balaban J connectivity index is 2.36. The summed E-state index contributed by atoms with van der Waals surface area (Å²) < 4.78 is 24.5. The maximum atomic E-state index is 14.1. The molecular weight excluding hydrogens is 233 g/mol. The summed E-state index contributed by atoms with van der Waals surface area (Å²) in [5.41, 5.74) is 6.39. The number of ether oxygens (including phenoxy) is 1. The molecule has 0 aliphatic carbocycles. The minimum atomic E-state index is -0.625. The number of methoxy groups -OCH3 is 1. The van der Waals surface area contributed by atoms with E-state index in [1.165, 1.54) is 7.11 Å². The van der Waals surface area contributed by atoms with Crippen LogP contribution in [0.15, 0.2) is 34.7 Å². The minimum absolute atomic E-state index is 0.185. The maximum absolute atomic E-state index is 14.1. The number of hydrogen-bond donors (Lipinski definition) is 1. The fourth-order valence-electron chi connectivity index (χ4n) is 1.83. The average molecular weight is 249 g/mol. The predicted octanol–water partition coefficient (Wildman–Crippen LogP) is 3.04. The number of hydrogen-bond acceptors (Lipinski definition) is 3. The summed E-state index contributed by atoms with van der Waals surface area (Å²) in [6.07, 6.45) is 0.785. The first kappa shape index (κ1) is 12.6. The number of halogens is 1. The van der Waals surface area contributed by atoms with Crippen LogP contribution >= 0.6 is 0 Å². The van der Waals surface area contributed by atoms with Crippen LogP contribution in [0.1, 0.15) is 30.0 Å². The van der Waals surface area contributed by atoms with E-state index in [-0.39, 0.29) is 5.75 Å². The molecule has 0 spiro atoms. The second kappa shape index (κ2) is 5.23. The van der Waals surface area contributed by atoms with Crippen molar-refractivity contribution in [2.75, 3.05) is 7.11 Å². The number of furan rings is 1. The smallest absolute Gasteiger partial charge is 0.170 e. The Hall–Kier alpha value is -1.81. The average Bonchev–Trinajstić information content (AvgIpc) is 2.87. The highest BCUT2D eigenvalue weighted by Gasteiger charge is 2.19. The zero-order valence-corrected chi connectivity index (χ0v) is 10.4. The van der Waals surface area contributed by atoms with E-state index < -0.39 is 11.9 Å². The third-order valence-corrected chi connectivity index (χ3v) is 2.89. The molecule has 0 aliphatic heterocycles.